The number of amides is 1. The van der Waals surface area contributed by atoms with Crippen LogP contribution in [-0.4, -0.2) is 34.9 Å². The summed E-state index contributed by atoms with van der Waals surface area (Å²) in [4.78, 5) is 14.8. The van der Waals surface area contributed by atoms with Gasteiger partial charge in [-0.3, -0.25) is 4.79 Å². The second-order valence-corrected chi connectivity index (χ2v) is 14.2. The number of hydrogen-bond donors (Lipinski definition) is 2. The number of halogens is 2. The number of carbonyl (C=O) groups is 1. The van der Waals surface area contributed by atoms with E-state index in [1.54, 1.807) is 4.90 Å². The molecule has 0 radical (unpaired) electrons. The molecule has 1 heterocycles. The van der Waals surface area contributed by atoms with Crippen molar-refractivity contribution in [1.82, 2.24) is 0 Å². The maximum absolute atomic E-state index is 13.9. The Balaban J connectivity index is 1.13. The number of nitrogens with zero attached hydrogens (tertiary/aromatic N) is 1. The van der Waals surface area contributed by atoms with Crippen LogP contribution in [0.4, 0.5) is 14.5 Å². The Morgan fingerprint density at radius 3 is 2.53 bits per heavy atom. The third kappa shape index (κ3) is 4.06. The van der Waals surface area contributed by atoms with Gasteiger partial charge in [-0.25, -0.2) is 8.78 Å². The molecule has 6 heteroatoms. The maximum Gasteiger partial charge on any atom is 0.227 e. The highest BCUT2D eigenvalue weighted by molar-refractivity contribution is 5.95. The van der Waals surface area contributed by atoms with Crippen molar-refractivity contribution in [3.05, 3.63) is 29.3 Å². The molecule has 5 aliphatic rings. The summed E-state index contributed by atoms with van der Waals surface area (Å²) in [6.07, 6.45) is 9.61. The predicted octanol–water partition coefficient (Wildman–Crippen LogP) is 6.26. The molecule has 0 spiro atoms. The van der Waals surface area contributed by atoms with Crippen molar-refractivity contribution in [2.75, 3.05) is 11.4 Å². The molecule has 1 aromatic carbocycles. The fourth-order valence-corrected chi connectivity index (χ4v) is 10.5. The van der Waals surface area contributed by atoms with Crippen LogP contribution < -0.4 is 4.90 Å². The minimum Gasteiger partial charge on any atom is -0.393 e. The monoisotopic (exact) mass is 529 g/mol. The van der Waals surface area contributed by atoms with E-state index in [0.29, 0.717) is 66.1 Å². The number of fused-ring (bicyclic) bond motifs is 6. The average molecular weight is 530 g/mol. The Kier molecular flexibility index (Phi) is 6.70. The molecule has 6 rings (SSSR count). The molecule has 0 saturated heterocycles. The van der Waals surface area contributed by atoms with E-state index in [0.717, 1.165) is 51.4 Å². The molecule has 1 aliphatic heterocycles. The van der Waals surface area contributed by atoms with Crippen molar-refractivity contribution in [1.29, 1.82) is 0 Å². The summed E-state index contributed by atoms with van der Waals surface area (Å²) in [5.41, 5.74) is 1.65. The molecular weight excluding hydrogens is 484 g/mol. The van der Waals surface area contributed by atoms with Crippen LogP contribution in [0.2, 0.25) is 0 Å². The van der Waals surface area contributed by atoms with Crippen molar-refractivity contribution in [2.45, 2.75) is 104 Å². The van der Waals surface area contributed by atoms with E-state index in [2.05, 4.69) is 20.8 Å². The normalized spacial score (nSPS) is 42.7. The van der Waals surface area contributed by atoms with E-state index >= 15 is 0 Å². The largest absolute Gasteiger partial charge is 0.393 e. The van der Waals surface area contributed by atoms with Gasteiger partial charge in [-0.05, 0) is 122 Å². The summed E-state index contributed by atoms with van der Waals surface area (Å²) in [6.45, 7) is 7.70. The lowest BCUT2D eigenvalue weighted by atomic mass is 9.43. The minimum atomic E-state index is -0.896. The molecule has 0 bridgehead atoms. The molecule has 2 N–H and O–H groups in total. The van der Waals surface area contributed by atoms with Gasteiger partial charge >= 0.3 is 0 Å². The molecule has 0 unspecified atom stereocenters. The van der Waals surface area contributed by atoms with Crippen LogP contribution in [0.25, 0.3) is 0 Å². The molecule has 4 saturated carbocycles. The number of benzene rings is 1. The van der Waals surface area contributed by atoms with Crippen LogP contribution in [0.15, 0.2) is 12.1 Å². The Morgan fingerprint density at radius 1 is 1.03 bits per heavy atom. The Morgan fingerprint density at radius 2 is 1.74 bits per heavy atom. The van der Waals surface area contributed by atoms with Gasteiger partial charge in [-0.1, -0.05) is 20.8 Å². The highest BCUT2D eigenvalue weighted by Gasteiger charge is 2.62. The first-order valence-electron chi connectivity index (χ1n) is 15.2. The van der Waals surface area contributed by atoms with Gasteiger partial charge in [0.25, 0.3) is 0 Å². The third-order valence-electron chi connectivity index (χ3n) is 12.5. The smallest absolute Gasteiger partial charge is 0.227 e. The number of hydrogen-bond acceptors (Lipinski definition) is 3. The Bertz CT molecular complexity index is 1090. The fraction of sp³-hybridized carbons (Fsp3) is 0.781. The van der Waals surface area contributed by atoms with Gasteiger partial charge in [-0.2, -0.15) is 0 Å². The summed E-state index contributed by atoms with van der Waals surface area (Å²) >= 11 is 0. The fourth-order valence-electron chi connectivity index (χ4n) is 10.5. The zero-order valence-electron chi connectivity index (χ0n) is 23.3. The number of aliphatic hydroxyl groups is 2. The summed E-state index contributed by atoms with van der Waals surface area (Å²) in [7, 11) is 0. The van der Waals surface area contributed by atoms with E-state index in [1.807, 2.05) is 0 Å². The van der Waals surface area contributed by atoms with E-state index < -0.39 is 11.6 Å². The molecule has 1 aromatic rings. The standard InChI is InChI=1S/C32H45F2NO3/c1-18(4-7-29(38)35-13-10-19-14-25(33)26(34)17-27(19)35)22-5-6-23-30-24(9-12-32(22,23)3)31(2)11-8-21(36)15-20(31)16-28(30)37/h14,17-18,20-24,28,30,36-37H,4-13,15-16H2,1-3H3/t18-,20+,21-,22-,23+,24+,28-,30+,31+,32-/m1/s1. The van der Waals surface area contributed by atoms with Crippen molar-refractivity contribution in [3.63, 3.8) is 0 Å². The number of aliphatic hydroxyl groups excluding tert-OH is 2. The van der Waals surface area contributed by atoms with Gasteiger partial charge in [0.05, 0.1) is 12.2 Å². The summed E-state index contributed by atoms with van der Waals surface area (Å²) in [6, 6.07) is 2.40. The highest BCUT2D eigenvalue weighted by Crippen LogP contribution is 2.68. The Labute approximate surface area is 226 Å². The Hall–Kier alpha value is -1.53. The molecular formula is C32H45F2NO3. The van der Waals surface area contributed by atoms with Gasteiger partial charge in [-0.15, -0.1) is 0 Å². The van der Waals surface area contributed by atoms with E-state index in [4.69, 9.17) is 0 Å². The molecule has 4 fully saturated rings. The zero-order valence-corrected chi connectivity index (χ0v) is 23.3. The summed E-state index contributed by atoms with van der Waals surface area (Å²) < 4.78 is 27.5. The first kappa shape index (κ1) is 26.7. The maximum atomic E-state index is 13.9. The SMILES string of the molecule is C[C@H](CCC(=O)N1CCc2cc(F)c(F)cc21)[C@H]1CC[C@H]2[C@@H]3[C@H](O)C[C@@H]4C[C@H](O)CC[C@]4(C)[C@H]3CC[C@]12C. The van der Waals surface area contributed by atoms with Crippen LogP contribution in [0.3, 0.4) is 0 Å². The number of carbonyl (C=O) groups excluding carboxylic acids is 1. The summed E-state index contributed by atoms with van der Waals surface area (Å²) in [5.74, 6) is 1.02. The van der Waals surface area contributed by atoms with Gasteiger partial charge in [0, 0.05) is 24.7 Å². The lowest BCUT2D eigenvalue weighted by molar-refractivity contribution is -0.174. The molecule has 10 atom stereocenters. The first-order valence-corrected chi connectivity index (χ1v) is 15.2. The quantitative estimate of drug-likeness (QED) is 0.484. The lowest BCUT2D eigenvalue weighted by Crippen LogP contribution is -2.58. The molecule has 4 aliphatic carbocycles. The van der Waals surface area contributed by atoms with Crippen LogP contribution in [0.1, 0.15) is 90.5 Å². The minimum absolute atomic E-state index is 0.00571. The van der Waals surface area contributed by atoms with Crippen molar-refractivity contribution in [3.8, 4) is 0 Å². The van der Waals surface area contributed by atoms with Gasteiger partial charge in [0.15, 0.2) is 11.6 Å². The van der Waals surface area contributed by atoms with E-state index in [-0.39, 0.29) is 28.9 Å². The first-order chi connectivity index (χ1) is 18.0. The number of anilines is 1. The lowest BCUT2D eigenvalue weighted by Gasteiger charge is -2.62. The second-order valence-electron chi connectivity index (χ2n) is 14.2. The molecule has 4 nitrogen and oxygen atoms in total. The average Bonchev–Trinajstić information content (AvgIpc) is 3.44. The number of rotatable bonds is 4. The molecule has 1 amide bonds. The van der Waals surface area contributed by atoms with Crippen molar-refractivity contribution >= 4 is 11.6 Å². The van der Waals surface area contributed by atoms with Crippen LogP contribution >= 0.6 is 0 Å². The molecule has 38 heavy (non-hydrogen) atoms. The van der Waals surface area contributed by atoms with Crippen LogP contribution in [0, 0.1) is 58.0 Å². The third-order valence-corrected chi connectivity index (χ3v) is 12.5. The van der Waals surface area contributed by atoms with Crippen molar-refractivity contribution < 1.29 is 23.8 Å². The van der Waals surface area contributed by atoms with Crippen molar-refractivity contribution in [2.24, 2.45) is 46.3 Å². The molecule has 210 valence electrons. The van der Waals surface area contributed by atoms with Gasteiger partial charge in [0.2, 0.25) is 5.91 Å². The second kappa shape index (κ2) is 9.54. The van der Waals surface area contributed by atoms with E-state index in [9.17, 15) is 23.8 Å². The van der Waals surface area contributed by atoms with Crippen LogP contribution in [-0.2, 0) is 11.2 Å². The highest BCUT2D eigenvalue weighted by atomic mass is 19.2. The van der Waals surface area contributed by atoms with Gasteiger partial charge < -0.3 is 15.1 Å². The summed E-state index contributed by atoms with van der Waals surface area (Å²) in [5, 5.41) is 21.8. The van der Waals surface area contributed by atoms with Crippen LogP contribution in [0.5, 0.6) is 0 Å². The molecule has 0 aromatic heterocycles. The topological polar surface area (TPSA) is 60.8 Å². The predicted molar refractivity (Wildman–Crippen MR) is 143 cm³/mol. The zero-order chi connectivity index (χ0) is 27.0. The van der Waals surface area contributed by atoms with E-state index in [1.165, 1.54) is 18.6 Å². The van der Waals surface area contributed by atoms with Gasteiger partial charge in [0.1, 0.15) is 0 Å².